The second-order valence-corrected chi connectivity index (χ2v) is 6.94. The standard InChI is InChI=1S/C20H17ClF3N3O2.Li/c1-12(20(22,23)24)3-4-13(2)26-19(29)17-8-16(21)7-15(18(17)28)11-27-6-5-14(9-25)10-27;/h1-4,7-8,14,28H,5-6,10-11H2,(H,26,29);/q-2;+1/b4-3-;. The normalized spacial score (nSPS) is 16.7. The van der Waals surface area contributed by atoms with Crippen molar-refractivity contribution in [2.45, 2.75) is 19.1 Å². The quantitative estimate of drug-likeness (QED) is 0.400. The average molecular weight is 431 g/mol. The number of hydrogen-bond donors (Lipinski definition) is 2. The number of likely N-dealkylation sites (tertiary alicyclic amines) is 1. The first-order valence-corrected chi connectivity index (χ1v) is 8.84. The molecule has 1 unspecified atom stereocenters. The molecule has 1 saturated heterocycles. The van der Waals surface area contributed by atoms with Gasteiger partial charge in [-0.05, 0) is 25.1 Å². The number of nitriles is 1. The summed E-state index contributed by atoms with van der Waals surface area (Å²) < 4.78 is 37.1. The van der Waals surface area contributed by atoms with Crippen molar-refractivity contribution in [3.8, 4) is 11.8 Å². The molecule has 30 heavy (non-hydrogen) atoms. The second-order valence-electron chi connectivity index (χ2n) is 6.51. The zero-order chi connectivity index (χ0) is 21.8. The Labute approximate surface area is 189 Å². The van der Waals surface area contributed by atoms with Gasteiger partial charge < -0.3 is 10.4 Å². The summed E-state index contributed by atoms with van der Waals surface area (Å²) in [6, 6.07) is 4.90. The van der Waals surface area contributed by atoms with E-state index in [4.69, 9.17) is 30.0 Å². The number of carbonyl (C=O) groups is 1. The number of nitrogens with one attached hydrogen (secondary N) is 1. The number of allylic oxidation sites excluding steroid dienone is 3. The number of hydrogen-bond acceptors (Lipinski definition) is 4. The Morgan fingerprint density at radius 3 is 2.63 bits per heavy atom. The van der Waals surface area contributed by atoms with Crippen molar-refractivity contribution in [3.63, 3.8) is 0 Å². The molecule has 154 valence electrons. The van der Waals surface area contributed by atoms with Gasteiger partial charge in [-0.3, -0.25) is 35.0 Å². The van der Waals surface area contributed by atoms with Gasteiger partial charge in [0, 0.05) is 23.7 Å². The van der Waals surface area contributed by atoms with Gasteiger partial charge in [0.1, 0.15) is 5.75 Å². The van der Waals surface area contributed by atoms with E-state index < -0.39 is 23.4 Å². The molecule has 1 atom stereocenters. The zero-order valence-electron chi connectivity index (χ0n) is 16.1. The number of rotatable bonds is 6. The summed E-state index contributed by atoms with van der Waals surface area (Å²) in [6.07, 6.45) is -2.71. The van der Waals surface area contributed by atoms with Crippen molar-refractivity contribution in [1.82, 2.24) is 10.2 Å². The molecule has 0 aliphatic carbocycles. The van der Waals surface area contributed by atoms with E-state index in [0.717, 1.165) is 6.08 Å². The van der Waals surface area contributed by atoms with Crippen LogP contribution in [0.25, 0.3) is 0 Å². The van der Waals surface area contributed by atoms with Crippen LogP contribution in [0.3, 0.4) is 0 Å². The van der Waals surface area contributed by atoms with Gasteiger partial charge in [0.15, 0.2) is 0 Å². The van der Waals surface area contributed by atoms with Crippen LogP contribution in [-0.4, -0.2) is 35.2 Å². The fourth-order valence-electron chi connectivity index (χ4n) is 2.79. The third-order valence-electron chi connectivity index (χ3n) is 4.27. The summed E-state index contributed by atoms with van der Waals surface area (Å²) in [4.78, 5) is 14.3. The van der Waals surface area contributed by atoms with Crippen LogP contribution in [0.15, 0.2) is 35.6 Å². The molecule has 0 bridgehead atoms. The Balaban J connectivity index is 0.00000450. The SMILES string of the molecule is [CH-]=C(/C=C\C(=[CH-])C(F)(F)F)NC(=O)c1cc(Cl)cc(CN2CCC(C#N)C2)c1O.[Li+]. The third kappa shape index (κ3) is 6.97. The molecule has 10 heteroatoms. The number of amides is 1. The Kier molecular flexibility index (Phi) is 9.27. The first kappa shape index (κ1) is 25.9. The largest absolute Gasteiger partial charge is 1.00 e. The minimum atomic E-state index is -4.72. The Bertz CT molecular complexity index is 910. The second kappa shape index (κ2) is 10.7. The Morgan fingerprint density at radius 2 is 2.07 bits per heavy atom. The van der Waals surface area contributed by atoms with Crippen molar-refractivity contribution in [2.24, 2.45) is 5.92 Å². The van der Waals surface area contributed by atoms with E-state index in [0.29, 0.717) is 31.1 Å². The molecular formula is C20H17ClF3LiN3O2-. The number of phenols is 1. The average Bonchev–Trinajstić information content (AvgIpc) is 3.09. The first-order valence-electron chi connectivity index (χ1n) is 8.46. The number of benzene rings is 1. The van der Waals surface area contributed by atoms with E-state index in [9.17, 15) is 23.1 Å². The maximum absolute atomic E-state index is 12.4. The van der Waals surface area contributed by atoms with E-state index in [2.05, 4.69) is 11.4 Å². The first-order chi connectivity index (χ1) is 13.5. The van der Waals surface area contributed by atoms with Crippen LogP contribution < -0.4 is 24.2 Å². The van der Waals surface area contributed by atoms with Crippen LogP contribution >= 0.6 is 11.6 Å². The van der Waals surface area contributed by atoms with E-state index in [-0.39, 0.29) is 47.7 Å². The molecule has 0 spiro atoms. The predicted octanol–water partition coefficient (Wildman–Crippen LogP) is 0.920. The van der Waals surface area contributed by atoms with E-state index in [1.54, 1.807) is 0 Å². The van der Waals surface area contributed by atoms with E-state index in [1.165, 1.54) is 12.1 Å². The predicted molar refractivity (Wildman–Crippen MR) is 100 cm³/mol. The monoisotopic (exact) mass is 430 g/mol. The smallest absolute Gasteiger partial charge is 0.507 e. The fraction of sp³-hybridized carbons (Fsp3) is 0.300. The molecule has 1 aromatic carbocycles. The number of alkyl halides is 3. The minimum absolute atomic E-state index is 0. The molecule has 1 fully saturated rings. The molecule has 1 heterocycles. The van der Waals surface area contributed by atoms with Crippen molar-refractivity contribution < 1.29 is 41.9 Å². The van der Waals surface area contributed by atoms with Crippen LogP contribution in [0, 0.1) is 30.4 Å². The van der Waals surface area contributed by atoms with Gasteiger partial charge in [0.25, 0.3) is 5.91 Å². The summed E-state index contributed by atoms with van der Waals surface area (Å²) >= 11 is 6.04. The minimum Gasteiger partial charge on any atom is -0.507 e. The van der Waals surface area contributed by atoms with Crippen LogP contribution in [0.2, 0.25) is 5.02 Å². The fourth-order valence-corrected chi connectivity index (χ4v) is 3.03. The molecule has 2 rings (SSSR count). The molecular weight excluding hydrogens is 414 g/mol. The van der Waals surface area contributed by atoms with Gasteiger partial charge in [-0.2, -0.15) is 24.1 Å². The van der Waals surface area contributed by atoms with Crippen LogP contribution in [0.4, 0.5) is 13.2 Å². The molecule has 1 amide bonds. The number of aromatic hydroxyl groups is 1. The van der Waals surface area contributed by atoms with Gasteiger partial charge in [-0.25, -0.2) is 0 Å². The summed E-state index contributed by atoms with van der Waals surface area (Å²) in [6.45, 7) is 11.8. The van der Waals surface area contributed by atoms with Crippen molar-refractivity contribution in [3.05, 3.63) is 64.9 Å². The zero-order valence-corrected chi connectivity index (χ0v) is 16.9. The number of carbonyl (C=O) groups excluding carboxylic acids is 1. The number of phenolic OH excluding ortho intramolecular Hbond substituents is 1. The van der Waals surface area contributed by atoms with Crippen LogP contribution in [0.1, 0.15) is 22.3 Å². The van der Waals surface area contributed by atoms with Crippen LogP contribution in [-0.2, 0) is 6.54 Å². The summed E-state index contributed by atoms with van der Waals surface area (Å²) in [5, 5.41) is 21.8. The van der Waals surface area contributed by atoms with Crippen molar-refractivity contribution in [2.75, 3.05) is 13.1 Å². The van der Waals surface area contributed by atoms with Gasteiger partial charge >= 0.3 is 25.0 Å². The van der Waals surface area contributed by atoms with Gasteiger partial charge in [0.05, 0.1) is 17.6 Å². The molecule has 1 aromatic rings. The number of nitrogens with zero attached hydrogens (tertiary/aromatic N) is 2. The molecule has 2 N–H and O–H groups in total. The van der Waals surface area contributed by atoms with Gasteiger partial charge in [-0.1, -0.05) is 11.6 Å². The maximum atomic E-state index is 12.4. The Hall–Kier alpha value is -2.16. The Morgan fingerprint density at radius 1 is 1.40 bits per heavy atom. The van der Waals surface area contributed by atoms with Crippen molar-refractivity contribution in [1.29, 1.82) is 5.26 Å². The maximum Gasteiger partial charge on any atom is 1.00 e. The molecule has 5 nitrogen and oxygen atoms in total. The third-order valence-corrected chi connectivity index (χ3v) is 4.49. The summed E-state index contributed by atoms with van der Waals surface area (Å²) in [5.74, 6) is -1.28. The summed E-state index contributed by atoms with van der Waals surface area (Å²) in [5.41, 5.74) is -1.60. The van der Waals surface area contributed by atoms with Crippen LogP contribution in [0.5, 0.6) is 5.75 Å². The molecule has 0 saturated carbocycles. The topological polar surface area (TPSA) is 76.4 Å². The van der Waals surface area contributed by atoms with E-state index >= 15 is 0 Å². The van der Waals surface area contributed by atoms with Crippen molar-refractivity contribution >= 4 is 17.5 Å². The van der Waals surface area contributed by atoms with Gasteiger partial charge in [0.2, 0.25) is 0 Å². The summed E-state index contributed by atoms with van der Waals surface area (Å²) in [7, 11) is 0. The van der Waals surface area contributed by atoms with Gasteiger partial charge in [-0.15, -0.1) is 5.57 Å². The molecule has 1 aliphatic rings. The molecule has 1 aliphatic heterocycles. The number of halogens is 4. The molecule has 0 aromatic heterocycles. The molecule has 0 radical (unpaired) electrons. The van der Waals surface area contributed by atoms with E-state index in [1.807, 2.05) is 4.90 Å².